The van der Waals surface area contributed by atoms with Crippen molar-refractivity contribution < 1.29 is 9.53 Å². The van der Waals surface area contributed by atoms with Gasteiger partial charge in [0.05, 0.1) is 12.0 Å². The van der Waals surface area contributed by atoms with Crippen LogP contribution in [0, 0.1) is 5.41 Å². The fourth-order valence-corrected chi connectivity index (χ4v) is 1.90. The summed E-state index contributed by atoms with van der Waals surface area (Å²) < 4.78 is 5.17. The van der Waals surface area contributed by atoms with Crippen molar-refractivity contribution in [1.29, 1.82) is 0 Å². The molecule has 2 aliphatic heterocycles. The average molecular weight is 192 g/mol. The highest BCUT2D eigenvalue weighted by Gasteiger charge is 2.43. The Morgan fingerprint density at radius 2 is 2.00 bits per heavy atom. The Balaban J connectivity index is 0.000000720. The molecule has 0 saturated carbocycles. The summed E-state index contributed by atoms with van der Waals surface area (Å²) in [6.45, 7) is 2.94. The normalized spacial score (nSPS) is 27.2. The van der Waals surface area contributed by atoms with Crippen LogP contribution in [0.25, 0.3) is 0 Å². The van der Waals surface area contributed by atoms with Gasteiger partial charge in [0, 0.05) is 0 Å². The zero-order chi connectivity index (χ0) is 7.73. The largest absolute Gasteiger partial charge is 0.373 e. The lowest BCUT2D eigenvalue weighted by Gasteiger charge is -2.30. The first-order valence-corrected chi connectivity index (χ1v) is 4.15. The molecule has 0 radical (unpaired) electrons. The number of rotatable bonds is 0. The molecule has 0 amide bonds. The smallest absolute Gasteiger partial charge is 0.166 e. The minimum atomic E-state index is -0.0920. The molecule has 0 aromatic carbocycles. The summed E-state index contributed by atoms with van der Waals surface area (Å²) in [6, 6.07) is 0. The van der Waals surface area contributed by atoms with Crippen molar-refractivity contribution in [2.24, 2.45) is 5.41 Å². The van der Waals surface area contributed by atoms with Crippen LogP contribution in [-0.2, 0) is 9.53 Å². The fourth-order valence-electron chi connectivity index (χ4n) is 1.90. The van der Waals surface area contributed by atoms with E-state index in [1.807, 2.05) is 0 Å². The Bertz CT molecular complexity index is 178. The SMILES string of the molecule is Cl.O=C1COCC12CCNCC2. The minimum Gasteiger partial charge on any atom is -0.373 e. The summed E-state index contributed by atoms with van der Waals surface area (Å²) in [4.78, 5) is 11.4. The Morgan fingerprint density at radius 3 is 2.50 bits per heavy atom. The molecule has 0 aliphatic carbocycles. The van der Waals surface area contributed by atoms with E-state index < -0.39 is 0 Å². The standard InChI is InChI=1S/C8H13NO2.ClH/c10-7-5-11-6-8(7)1-3-9-4-2-8;/h9H,1-6H2;1H. The number of halogens is 1. The molecular weight excluding hydrogens is 178 g/mol. The molecule has 0 unspecified atom stereocenters. The number of ketones is 1. The van der Waals surface area contributed by atoms with Gasteiger partial charge in [-0.05, 0) is 25.9 Å². The van der Waals surface area contributed by atoms with Gasteiger partial charge in [-0.3, -0.25) is 4.79 Å². The summed E-state index contributed by atoms with van der Waals surface area (Å²) in [6.07, 6.45) is 1.93. The molecule has 2 saturated heterocycles. The van der Waals surface area contributed by atoms with Gasteiger partial charge in [-0.25, -0.2) is 0 Å². The first-order chi connectivity index (χ1) is 5.33. The number of nitrogens with one attached hydrogen (secondary N) is 1. The molecule has 4 heteroatoms. The van der Waals surface area contributed by atoms with Crippen molar-refractivity contribution in [2.45, 2.75) is 12.8 Å². The lowest BCUT2D eigenvalue weighted by molar-refractivity contribution is -0.125. The van der Waals surface area contributed by atoms with Crippen LogP contribution < -0.4 is 5.32 Å². The molecule has 3 nitrogen and oxygen atoms in total. The predicted molar refractivity (Wildman–Crippen MR) is 47.6 cm³/mol. The van der Waals surface area contributed by atoms with Gasteiger partial charge in [0.15, 0.2) is 5.78 Å². The van der Waals surface area contributed by atoms with Crippen molar-refractivity contribution in [3.8, 4) is 0 Å². The van der Waals surface area contributed by atoms with E-state index in [0.29, 0.717) is 19.0 Å². The third-order valence-corrected chi connectivity index (χ3v) is 2.76. The Labute approximate surface area is 78.3 Å². The maximum Gasteiger partial charge on any atom is 0.166 e. The number of carbonyl (C=O) groups excluding carboxylic acids is 1. The molecule has 0 bridgehead atoms. The Kier molecular flexibility index (Phi) is 3.09. The topological polar surface area (TPSA) is 38.3 Å². The molecule has 0 atom stereocenters. The predicted octanol–water partition coefficient (Wildman–Crippen LogP) is 0.377. The molecule has 1 N–H and O–H groups in total. The quantitative estimate of drug-likeness (QED) is 0.602. The van der Waals surface area contributed by atoms with Crippen LogP contribution in [-0.4, -0.2) is 32.1 Å². The highest BCUT2D eigenvalue weighted by Crippen LogP contribution is 2.34. The van der Waals surface area contributed by atoms with Crippen molar-refractivity contribution in [3.63, 3.8) is 0 Å². The second-order valence-electron chi connectivity index (χ2n) is 3.45. The van der Waals surface area contributed by atoms with Gasteiger partial charge in [0.2, 0.25) is 0 Å². The van der Waals surface area contributed by atoms with Crippen LogP contribution in [0.1, 0.15) is 12.8 Å². The van der Waals surface area contributed by atoms with Gasteiger partial charge in [0.1, 0.15) is 6.61 Å². The summed E-state index contributed by atoms with van der Waals surface area (Å²) >= 11 is 0. The number of hydrogen-bond acceptors (Lipinski definition) is 3. The maximum atomic E-state index is 11.4. The third-order valence-electron chi connectivity index (χ3n) is 2.76. The van der Waals surface area contributed by atoms with Crippen LogP contribution in [0.15, 0.2) is 0 Å². The second kappa shape index (κ2) is 3.73. The van der Waals surface area contributed by atoms with Gasteiger partial charge >= 0.3 is 0 Å². The molecule has 0 aromatic heterocycles. The summed E-state index contributed by atoms with van der Waals surface area (Å²) in [5.41, 5.74) is -0.0920. The van der Waals surface area contributed by atoms with Crippen LogP contribution >= 0.6 is 12.4 Å². The van der Waals surface area contributed by atoms with E-state index in [1.165, 1.54) is 0 Å². The molecule has 2 aliphatic rings. The van der Waals surface area contributed by atoms with Gasteiger partial charge in [0.25, 0.3) is 0 Å². The minimum absolute atomic E-state index is 0. The molecule has 0 aromatic rings. The zero-order valence-corrected chi connectivity index (χ0v) is 7.78. The zero-order valence-electron chi connectivity index (χ0n) is 6.97. The van der Waals surface area contributed by atoms with E-state index in [0.717, 1.165) is 25.9 Å². The third kappa shape index (κ3) is 1.49. The van der Waals surface area contributed by atoms with Gasteiger partial charge in [-0.15, -0.1) is 12.4 Å². The van der Waals surface area contributed by atoms with Gasteiger partial charge < -0.3 is 10.1 Å². The Hall–Kier alpha value is -0.120. The average Bonchev–Trinajstić information content (AvgIpc) is 2.36. The molecule has 12 heavy (non-hydrogen) atoms. The number of ether oxygens (including phenoxy) is 1. The molecular formula is C8H14ClNO2. The van der Waals surface area contributed by atoms with Crippen molar-refractivity contribution in [3.05, 3.63) is 0 Å². The van der Waals surface area contributed by atoms with E-state index in [4.69, 9.17) is 4.74 Å². The summed E-state index contributed by atoms with van der Waals surface area (Å²) in [5.74, 6) is 0.319. The van der Waals surface area contributed by atoms with E-state index in [-0.39, 0.29) is 17.8 Å². The van der Waals surface area contributed by atoms with Gasteiger partial charge in [-0.2, -0.15) is 0 Å². The maximum absolute atomic E-state index is 11.4. The fraction of sp³-hybridized carbons (Fsp3) is 0.875. The first-order valence-electron chi connectivity index (χ1n) is 4.15. The van der Waals surface area contributed by atoms with Crippen LogP contribution in [0.5, 0.6) is 0 Å². The van der Waals surface area contributed by atoms with Gasteiger partial charge in [-0.1, -0.05) is 0 Å². The van der Waals surface area contributed by atoms with Crippen molar-refractivity contribution >= 4 is 18.2 Å². The van der Waals surface area contributed by atoms with Crippen molar-refractivity contribution in [1.82, 2.24) is 5.32 Å². The number of hydrogen-bond donors (Lipinski definition) is 1. The van der Waals surface area contributed by atoms with Crippen LogP contribution in [0.2, 0.25) is 0 Å². The number of Topliss-reactive ketones (excluding diaryl/α,β-unsaturated/α-hetero) is 1. The summed E-state index contributed by atoms with van der Waals surface area (Å²) in [5, 5.41) is 3.25. The molecule has 1 spiro atoms. The van der Waals surface area contributed by atoms with Crippen molar-refractivity contribution in [2.75, 3.05) is 26.3 Å². The monoisotopic (exact) mass is 191 g/mol. The number of carbonyl (C=O) groups is 1. The summed E-state index contributed by atoms with van der Waals surface area (Å²) in [7, 11) is 0. The van der Waals surface area contributed by atoms with E-state index in [1.54, 1.807) is 0 Å². The van der Waals surface area contributed by atoms with E-state index in [2.05, 4.69) is 5.32 Å². The molecule has 2 rings (SSSR count). The molecule has 2 heterocycles. The second-order valence-corrected chi connectivity index (χ2v) is 3.45. The number of piperidine rings is 1. The van der Waals surface area contributed by atoms with E-state index >= 15 is 0 Å². The van der Waals surface area contributed by atoms with Crippen LogP contribution in [0.4, 0.5) is 0 Å². The Morgan fingerprint density at radius 1 is 1.33 bits per heavy atom. The highest BCUT2D eigenvalue weighted by atomic mass is 35.5. The first kappa shape index (κ1) is 9.96. The lowest BCUT2D eigenvalue weighted by atomic mass is 9.78. The highest BCUT2D eigenvalue weighted by molar-refractivity contribution is 5.87. The lowest BCUT2D eigenvalue weighted by Crippen LogP contribution is -2.41. The molecule has 2 fully saturated rings. The molecule has 70 valence electrons. The van der Waals surface area contributed by atoms with E-state index in [9.17, 15) is 4.79 Å². The van der Waals surface area contributed by atoms with Crippen LogP contribution in [0.3, 0.4) is 0 Å².